The summed E-state index contributed by atoms with van der Waals surface area (Å²) in [6, 6.07) is 3.91. The number of anilines is 1. The second-order valence-corrected chi connectivity index (χ2v) is 7.92. The molecule has 27 heavy (non-hydrogen) atoms. The summed E-state index contributed by atoms with van der Waals surface area (Å²) < 4.78 is 7.19. The number of aromatic nitrogens is 4. The molecule has 0 radical (unpaired) electrons. The normalized spacial score (nSPS) is 23.8. The summed E-state index contributed by atoms with van der Waals surface area (Å²) in [5.74, 6) is 2.99. The molecule has 2 aliphatic rings. The molecule has 0 spiro atoms. The van der Waals surface area contributed by atoms with Crippen LogP contribution in [0.15, 0.2) is 12.1 Å². The number of fused-ring (bicyclic) bond motifs is 1. The first-order valence-electron chi connectivity index (χ1n) is 9.92. The summed E-state index contributed by atoms with van der Waals surface area (Å²) in [4.78, 5) is 16.9. The van der Waals surface area contributed by atoms with Crippen molar-refractivity contribution in [2.75, 3.05) is 44.3 Å². The molecule has 1 amide bonds. The number of carbonyl (C=O) groups excluding carboxylic acids is 1. The maximum absolute atomic E-state index is 12.7. The third-order valence-electron chi connectivity index (χ3n) is 5.43. The molecule has 2 saturated heterocycles. The molecule has 2 atom stereocenters. The number of hydrogen-bond acceptors (Lipinski definition) is 6. The van der Waals surface area contributed by atoms with Crippen molar-refractivity contribution in [3.05, 3.63) is 18.0 Å². The average Bonchev–Trinajstić information content (AvgIpc) is 3.08. The summed E-state index contributed by atoms with van der Waals surface area (Å²) in [5.41, 5.74) is 0.717. The Bertz CT molecular complexity index is 791. The van der Waals surface area contributed by atoms with E-state index in [9.17, 15) is 4.79 Å². The topological polar surface area (TPSA) is 75.9 Å². The van der Waals surface area contributed by atoms with Crippen molar-refractivity contribution < 1.29 is 9.53 Å². The van der Waals surface area contributed by atoms with Gasteiger partial charge in [-0.3, -0.25) is 4.79 Å². The number of morpholine rings is 1. The maximum Gasteiger partial charge on any atom is 0.223 e. The molecular formula is C19H28N6O2. The van der Waals surface area contributed by atoms with Gasteiger partial charge < -0.3 is 14.5 Å². The van der Waals surface area contributed by atoms with Crippen molar-refractivity contribution in [3.8, 4) is 0 Å². The highest BCUT2D eigenvalue weighted by Crippen LogP contribution is 2.22. The van der Waals surface area contributed by atoms with Crippen LogP contribution >= 0.6 is 0 Å². The number of aryl methyl sites for hydroxylation is 1. The zero-order valence-electron chi connectivity index (χ0n) is 16.2. The molecule has 2 aromatic rings. The minimum absolute atomic E-state index is 0.203. The van der Waals surface area contributed by atoms with E-state index in [4.69, 9.17) is 9.84 Å². The third-order valence-corrected chi connectivity index (χ3v) is 5.43. The van der Waals surface area contributed by atoms with E-state index in [1.165, 1.54) is 6.42 Å². The number of carbonyl (C=O) groups is 1. The number of hydrogen-bond donors (Lipinski definition) is 0. The van der Waals surface area contributed by atoms with Crippen LogP contribution in [0.1, 0.15) is 32.5 Å². The van der Waals surface area contributed by atoms with E-state index in [0.717, 1.165) is 56.7 Å². The Balaban J connectivity index is 1.44. The number of amides is 1. The van der Waals surface area contributed by atoms with E-state index in [1.807, 2.05) is 17.0 Å². The predicted octanol–water partition coefficient (Wildman–Crippen LogP) is 1.40. The lowest BCUT2D eigenvalue weighted by Gasteiger charge is -2.35. The molecule has 4 rings (SSSR count). The molecule has 2 aliphatic heterocycles. The Labute approximate surface area is 159 Å². The summed E-state index contributed by atoms with van der Waals surface area (Å²) in [5, 5.41) is 13.2. The van der Waals surface area contributed by atoms with Gasteiger partial charge in [-0.05, 0) is 30.4 Å². The van der Waals surface area contributed by atoms with Crippen LogP contribution in [0.2, 0.25) is 0 Å². The van der Waals surface area contributed by atoms with Crippen molar-refractivity contribution in [2.45, 2.75) is 33.1 Å². The summed E-state index contributed by atoms with van der Waals surface area (Å²) >= 11 is 0. The Kier molecular flexibility index (Phi) is 5.24. The third kappa shape index (κ3) is 4.05. The lowest BCUT2D eigenvalue weighted by molar-refractivity contribution is -0.133. The largest absolute Gasteiger partial charge is 0.378 e. The van der Waals surface area contributed by atoms with Gasteiger partial charge in [0.15, 0.2) is 11.5 Å². The SMILES string of the molecule is C[C@H]1C[C@H](C)CN(C(=O)CCc2nnc3ccc(N4CCOCC4)nn23)C1. The van der Waals surface area contributed by atoms with Crippen molar-refractivity contribution in [3.63, 3.8) is 0 Å². The van der Waals surface area contributed by atoms with Crippen molar-refractivity contribution in [2.24, 2.45) is 11.8 Å². The van der Waals surface area contributed by atoms with Gasteiger partial charge in [0.2, 0.25) is 5.91 Å². The van der Waals surface area contributed by atoms with Gasteiger partial charge >= 0.3 is 0 Å². The minimum Gasteiger partial charge on any atom is -0.378 e. The van der Waals surface area contributed by atoms with Crippen LogP contribution in [0, 0.1) is 11.8 Å². The van der Waals surface area contributed by atoms with E-state index in [1.54, 1.807) is 4.52 Å². The second kappa shape index (κ2) is 7.80. The lowest BCUT2D eigenvalue weighted by atomic mass is 9.91. The van der Waals surface area contributed by atoms with Crippen LogP contribution in [0.5, 0.6) is 0 Å². The first kappa shape index (κ1) is 18.2. The molecule has 2 aromatic heterocycles. The molecule has 0 N–H and O–H groups in total. The maximum atomic E-state index is 12.7. The number of nitrogens with zero attached hydrogens (tertiary/aromatic N) is 6. The van der Waals surface area contributed by atoms with Gasteiger partial charge in [-0.1, -0.05) is 13.8 Å². The van der Waals surface area contributed by atoms with Crippen LogP contribution < -0.4 is 4.90 Å². The molecule has 146 valence electrons. The zero-order valence-corrected chi connectivity index (χ0v) is 16.2. The summed E-state index contributed by atoms with van der Waals surface area (Å²) in [6.07, 6.45) is 2.20. The van der Waals surface area contributed by atoms with E-state index in [2.05, 4.69) is 28.9 Å². The van der Waals surface area contributed by atoms with Gasteiger partial charge in [0.05, 0.1) is 13.2 Å². The molecule has 8 nitrogen and oxygen atoms in total. The van der Waals surface area contributed by atoms with Gasteiger partial charge in [-0.2, -0.15) is 4.52 Å². The highest BCUT2D eigenvalue weighted by Gasteiger charge is 2.25. The van der Waals surface area contributed by atoms with Crippen LogP contribution in [0.3, 0.4) is 0 Å². The molecule has 4 heterocycles. The molecule has 0 aromatic carbocycles. The number of piperidine rings is 1. The van der Waals surface area contributed by atoms with Crippen LogP contribution in [0.25, 0.3) is 5.65 Å². The lowest BCUT2D eigenvalue weighted by Crippen LogP contribution is -2.42. The van der Waals surface area contributed by atoms with Crippen molar-refractivity contribution >= 4 is 17.4 Å². The summed E-state index contributed by atoms with van der Waals surface area (Å²) in [7, 11) is 0. The molecule has 0 unspecified atom stereocenters. The Morgan fingerprint density at radius 1 is 1.15 bits per heavy atom. The Hall–Kier alpha value is -2.22. The molecular weight excluding hydrogens is 344 g/mol. The fraction of sp³-hybridized carbons (Fsp3) is 0.684. The quantitative estimate of drug-likeness (QED) is 0.807. The second-order valence-electron chi connectivity index (χ2n) is 7.92. The first-order chi connectivity index (χ1) is 13.1. The monoisotopic (exact) mass is 372 g/mol. The standard InChI is InChI=1S/C19H28N6O2/c1-14-11-15(2)13-24(12-14)19(26)6-5-17-21-20-16-3-4-18(22-25(16)17)23-7-9-27-10-8-23/h3-4,14-15H,5-13H2,1-2H3/t14-,15-/m0/s1. The first-order valence-corrected chi connectivity index (χ1v) is 9.92. The van der Waals surface area contributed by atoms with Crippen molar-refractivity contribution in [1.82, 2.24) is 24.7 Å². The number of rotatable bonds is 4. The number of ether oxygens (including phenoxy) is 1. The number of likely N-dealkylation sites (tertiary alicyclic amines) is 1. The van der Waals surface area contributed by atoms with Gasteiger partial charge in [0.25, 0.3) is 0 Å². The van der Waals surface area contributed by atoms with Crippen LogP contribution in [0.4, 0.5) is 5.82 Å². The zero-order chi connectivity index (χ0) is 18.8. The van der Waals surface area contributed by atoms with E-state index >= 15 is 0 Å². The fourth-order valence-electron chi connectivity index (χ4n) is 4.18. The molecule has 2 fully saturated rings. The fourth-order valence-corrected chi connectivity index (χ4v) is 4.18. The van der Waals surface area contributed by atoms with Gasteiger partial charge in [-0.15, -0.1) is 15.3 Å². The average molecular weight is 372 g/mol. The highest BCUT2D eigenvalue weighted by molar-refractivity contribution is 5.76. The Morgan fingerprint density at radius 2 is 1.89 bits per heavy atom. The summed E-state index contributed by atoms with van der Waals surface area (Å²) in [6.45, 7) is 9.27. The predicted molar refractivity (Wildman–Crippen MR) is 102 cm³/mol. The van der Waals surface area contributed by atoms with Crippen LogP contribution in [-0.2, 0) is 16.0 Å². The highest BCUT2D eigenvalue weighted by atomic mass is 16.5. The van der Waals surface area contributed by atoms with Crippen LogP contribution in [-0.4, -0.2) is 70.0 Å². The van der Waals surface area contributed by atoms with Crippen molar-refractivity contribution in [1.29, 1.82) is 0 Å². The van der Waals surface area contributed by atoms with E-state index in [0.29, 0.717) is 24.7 Å². The molecule has 8 heteroatoms. The molecule has 0 saturated carbocycles. The smallest absolute Gasteiger partial charge is 0.223 e. The molecule has 0 aliphatic carbocycles. The minimum atomic E-state index is 0.203. The van der Waals surface area contributed by atoms with Gasteiger partial charge in [0.1, 0.15) is 5.82 Å². The van der Waals surface area contributed by atoms with Gasteiger partial charge in [-0.25, -0.2) is 0 Å². The Morgan fingerprint density at radius 3 is 2.63 bits per heavy atom. The van der Waals surface area contributed by atoms with Gasteiger partial charge in [0, 0.05) is 39.0 Å². The molecule has 0 bridgehead atoms. The van der Waals surface area contributed by atoms with E-state index < -0.39 is 0 Å². The van der Waals surface area contributed by atoms with E-state index in [-0.39, 0.29) is 5.91 Å².